The standard InChI is InChI=1S/C12H20F3N2.ClH/c1-3-4-5-6-7-8-9-17-11(14)10(13)16(2)12(17)15;/h3-9H2,1-2H3;1H/q+1;/p-1. The van der Waals surface area contributed by atoms with Crippen LogP contribution in [0.2, 0.25) is 0 Å². The molecule has 2 nitrogen and oxygen atoms in total. The van der Waals surface area contributed by atoms with E-state index in [0.717, 1.165) is 23.8 Å². The fraction of sp³-hybridized carbons (Fsp3) is 0.750. The van der Waals surface area contributed by atoms with Gasteiger partial charge >= 0.3 is 18.0 Å². The van der Waals surface area contributed by atoms with E-state index in [1.165, 1.54) is 19.9 Å². The van der Waals surface area contributed by atoms with Crippen molar-refractivity contribution in [2.45, 2.75) is 52.0 Å². The van der Waals surface area contributed by atoms with E-state index < -0.39 is 18.0 Å². The summed E-state index contributed by atoms with van der Waals surface area (Å²) in [5.74, 6) is -2.26. The number of nitrogens with zero attached hydrogens (tertiary/aromatic N) is 2. The molecule has 1 aromatic rings. The molecule has 0 aliphatic carbocycles. The number of imidazole rings is 1. The van der Waals surface area contributed by atoms with E-state index in [9.17, 15) is 13.2 Å². The Morgan fingerprint density at radius 2 is 1.56 bits per heavy atom. The van der Waals surface area contributed by atoms with E-state index >= 15 is 0 Å². The lowest BCUT2D eigenvalue weighted by atomic mass is 10.1. The Morgan fingerprint density at radius 1 is 1.00 bits per heavy atom. The quantitative estimate of drug-likeness (QED) is 0.496. The van der Waals surface area contributed by atoms with Crippen molar-refractivity contribution in [1.82, 2.24) is 4.57 Å². The summed E-state index contributed by atoms with van der Waals surface area (Å²) in [6.07, 6.45) is 5.29. The van der Waals surface area contributed by atoms with E-state index in [2.05, 4.69) is 6.92 Å². The van der Waals surface area contributed by atoms with E-state index in [1.54, 1.807) is 0 Å². The second-order valence-electron chi connectivity index (χ2n) is 4.33. The highest BCUT2D eigenvalue weighted by molar-refractivity contribution is 4.77. The predicted octanol–water partition coefficient (Wildman–Crippen LogP) is 0.0944. The van der Waals surface area contributed by atoms with Crippen molar-refractivity contribution in [1.29, 1.82) is 0 Å². The van der Waals surface area contributed by atoms with Crippen LogP contribution in [0.5, 0.6) is 0 Å². The van der Waals surface area contributed by atoms with Crippen LogP contribution in [-0.4, -0.2) is 4.57 Å². The topological polar surface area (TPSA) is 8.81 Å². The highest BCUT2D eigenvalue weighted by Crippen LogP contribution is 2.10. The Balaban J connectivity index is 0.00000289. The summed E-state index contributed by atoms with van der Waals surface area (Å²) in [4.78, 5) is 0. The smallest absolute Gasteiger partial charge is 0.450 e. The van der Waals surface area contributed by atoms with Gasteiger partial charge in [0.1, 0.15) is 0 Å². The SMILES string of the molecule is CCCCCCCCn1c(F)c(F)[n+](C)c1F.[Cl-]. The molecule has 0 N–H and O–H groups in total. The minimum atomic E-state index is -1.14. The molecule has 0 amide bonds. The van der Waals surface area contributed by atoms with Gasteiger partial charge in [-0.3, -0.25) is 0 Å². The lowest BCUT2D eigenvalue weighted by Crippen LogP contribution is -3.00. The minimum absolute atomic E-state index is 0. The normalized spacial score (nSPS) is 10.5. The molecule has 1 heterocycles. The molecular formula is C12H20ClF3N2. The monoisotopic (exact) mass is 284 g/mol. The van der Waals surface area contributed by atoms with Gasteiger partial charge in [-0.15, -0.1) is 4.39 Å². The molecule has 0 bridgehead atoms. The molecule has 0 aliphatic rings. The van der Waals surface area contributed by atoms with E-state index in [0.29, 0.717) is 11.0 Å². The van der Waals surface area contributed by atoms with Crippen molar-refractivity contribution >= 4 is 0 Å². The van der Waals surface area contributed by atoms with Gasteiger partial charge in [-0.25, -0.2) is 0 Å². The van der Waals surface area contributed by atoms with Crippen LogP contribution in [0.15, 0.2) is 0 Å². The van der Waals surface area contributed by atoms with Crippen molar-refractivity contribution in [3.05, 3.63) is 18.0 Å². The van der Waals surface area contributed by atoms with E-state index in [1.807, 2.05) is 0 Å². The molecule has 1 aromatic heterocycles. The zero-order chi connectivity index (χ0) is 12.8. The van der Waals surface area contributed by atoms with Gasteiger partial charge in [-0.2, -0.15) is 17.9 Å². The van der Waals surface area contributed by atoms with Crippen LogP contribution in [0.4, 0.5) is 13.2 Å². The van der Waals surface area contributed by atoms with Crippen LogP contribution < -0.4 is 17.0 Å². The van der Waals surface area contributed by atoms with Gasteiger partial charge in [-0.1, -0.05) is 32.6 Å². The highest BCUT2D eigenvalue weighted by atomic mass is 35.5. The second-order valence-corrected chi connectivity index (χ2v) is 4.33. The summed E-state index contributed by atoms with van der Waals surface area (Å²) in [7, 11) is 1.17. The molecule has 0 spiro atoms. The fourth-order valence-corrected chi connectivity index (χ4v) is 1.83. The molecule has 0 saturated carbocycles. The first kappa shape index (κ1) is 17.3. The molecule has 0 atom stereocenters. The number of hydrogen-bond acceptors (Lipinski definition) is 0. The average molecular weight is 285 g/mol. The summed E-state index contributed by atoms with van der Waals surface area (Å²) >= 11 is 0. The molecule has 0 aliphatic heterocycles. The highest BCUT2D eigenvalue weighted by Gasteiger charge is 2.29. The lowest BCUT2D eigenvalue weighted by Gasteiger charge is -1.99. The van der Waals surface area contributed by atoms with Crippen molar-refractivity contribution < 1.29 is 30.1 Å². The van der Waals surface area contributed by atoms with Crippen LogP contribution in [0.3, 0.4) is 0 Å². The summed E-state index contributed by atoms with van der Waals surface area (Å²) < 4.78 is 41.0. The molecule has 0 fully saturated rings. The second kappa shape index (κ2) is 8.40. The maximum Gasteiger partial charge on any atom is 0.450 e. The van der Waals surface area contributed by atoms with Crippen molar-refractivity contribution in [3.8, 4) is 0 Å². The van der Waals surface area contributed by atoms with Crippen molar-refractivity contribution in [2.75, 3.05) is 0 Å². The van der Waals surface area contributed by atoms with Crippen LogP contribution in [-0.2, 0) is 13.6 Å². The molecule has 18 heavy (non-hydrogen) atoms. The van der Waals surface area contributed by atoms with Gasteiger partial charge in [-0.05, 0) is 12.8 Å². The number of rotatable bonds is 7. The average Bonchev–Trinajstić information content (AvgIpc) is 2.50. The number of unbranched alkanes of at least 4 members (excludes halogenated alkanes) is 5. The first-order valence-corrected chi connectivity index (χ1v) is 6.18. The molecule has 6 heteroatoms. The summed E-state index contributed by atoms with van der Waals surface area (Å²) in [5.41, 5.74) is 0. The van der Waals surface area contributed by atoms with E-state index in [4.69, 9.17) is 0 Å². The zero-order valence-electron chi connectivity index (χ0n) is 10.9. The number of aromatic nitrogens is 2. The van der Waals surface area contributed by atoms with Crippen LogP contribution in [0, 0.1) is 18.0 Å². The minimum Gasteiger partial charge on any atom is -1.00 e. The number of hydrogen-bond donors (Lipinski definition) is 0. The molecule has 0 aromatic carbocycles. The lowest BCUT2D eigenvalue weighted by molar-refractivity contribution is -0.727. The van der Waals surface area contributed by atoms with Gasteiger partial charge in [0.2, 0.25) is 0 Å². The molecular weight excluding hydrogens is 265 g/mol. The van der Waals surface area contributed by atoms with Crippen molar-refractivity contribution in [2.24, 2.45) is 7.05 Å². The maximum absolute atomic E-state index is 13.4. The van der Waals surface area contributed by atoms with E-state index in [-0.39, 0.29) is 19.0 Å². The van der Waals surface area contributed by atoms with Crippen LogP contribution in [0.1, 0.15) is 45.4 Å². The Hall–Kier alpha value is -0.710. The third kappa shape index (κ3) is 4.19. The predicted molar refractivity (Wildman–Crippen MR) is 58.9 cm³/mol. The summed E-state index contributed by atoms with van der Waals surface area (Å²) in [6, 6.07) is 0. The molecule has 106 valence electrons. The Morgan fingerprint density at radius 3 is 2.06 bits per heavy atom. The number of halogens is 4. The van der Waals surface area contributed by atoms with Crippen LogP contribution >= 0.6 is 0 Å². The van der Waals surface area contributed by atoms with Gasteiger partial charge in [0.25, 0.3) is 0 Å². The van der Waals surface area contributed by atoms with Crippen LogP contribution in [0.25, 0.3) is 0 Å². The molecule has 1 rings (SSSR count). The Labute approximate surface area is 112 Å². The Kier molecular flexibility index (Phi) is 8.07. The first-order valence-electron chi connectivity index (χ1n) is 6.18. The van der Waals surface area contributed by atoms with Gasteiger partial charge in [0, 0.05) is 0 Å². The summed E-state index contributed by atoms with van der Waals surface area (Å²) in [5, 5.41) is 0. The molecule has 0 saturated heterocycles. The first-order chi connectivity index (χ1) is 8.09. The zero-order valence-corrected chi connectivity index (χ0v) is 11.6. The Bertz CT molecular complexity index is 341. The third-order valence-corrected chi connectivity index (χ3v) is 2.94. The van der Waals surface area contributed by atoms with Gasteiger partial charge in [0.15, 0.2) is 0 Å². The largest absolute Gasteiger partial charge is 1.00 e. The molecule has 0 unspecified atom stereocenters. The van der Waals surface area contributed by atoms with Crippen molar-refractivity contribution in [3.63, 3.8) is 0 Å². The summed E-state index contributed by atoms with van der Waals surface area (Å²) in [6.45, 7) is 2.33. The van der Waals surface area contributed by atoms with Gasteiger partial charge in [0.05, 0.1) is 13.6 Å². The maximum atomic E-state index is 13.4. The molecule has 0 radical (unpaired) electrons. The third-order valence-electron chi connectivity index (χ3n) is 2.94. The fourth-order valence-electron chi connectivity index (χ4n) is 1.83. The van der Waals surface area contributed by atoms with Gasteiger partial charge < -0.3 is 12.4 Å².